The predicted octanol–water partition coefficient (Wildman–Crippen LogP) is 4.87. The van der Waals surface area contributed by atoms with E-state index < -0.39 is 0 Å². The maximum atomic E-state index is 2.33. The first-order valence-electron chi connectivity index (χ1n) is 7.68. The number of likely N-dealkylation sites (N-methyl/N-ethyl adjacent to an activating group) is 1. The largest absolute Gasteiger partial charge is 0.298 e. The zero-order valence-corrected chi connectivity index (χ0v) is 13.1. The van der Waals surface area contributed by atoms with Gasteiger partial charge in [-0.2, -0.15) is 0 Å². The molecule has 1 atom stereocenters. The van der Waals surface area contributed by atoms with Crippen molar-refractivity contribution in [1.82, 2.24) is 4.90 Å². The Balaban J connectivity index is 1.72. The van der Waals surface area contributed by atoms with Gasteiger partial charge in [0.1, 0.15) is 0 Å². The molecule has 110 valence electrons. The number of hydrogen-bond acceptors (Lipinski definition) is 1. The number of hydrogen-bond donors (Lipinski definition) is 0. The van der Waals surface area contributed by atoms with Gasteiger partial charge in [-0.05, 0) is 30.5 Å². The Morgan fingerprint density at radius 2 is 1.52 bits per heavy atom. The van der Waals surface area contributed by atoms with E-state index in [9.17, 15) is 0 Å². The minimum absolute atomic E-state index is 0.585. The summed E-state index contributed by atoms with van der Waals surface area (Å²) >= 11 is 0. The summed E-state index contributed by atoms with van der Waals surface area (Å²) in [6, 6.07) is 21.3. The molecular weight excluding hydrogens is 254 g/mol. The van der Waals surface area contributed by atoms with Crippen molar-refractivity contribution in [3.05, 3.63) is 83.9 Å². The zero-order chi connectivity index (χ0) is 14.9. The standard InChI is InChI=1S/C20H25N/c1-18(20-14-7-4-8-15-20)11-9-10-16-21(2)17-19-12-5-3-6-13-19/h3-10,12-15,18H,11,16-17H2,1-2H3/b10-9+. The van der Waals surface area contributed by atoms with Crippen LogP contribution in [0.1, 0.15) is 30.4 Å². The molecule has 0 heterocycles. The van der Waals surface area contributed by atoms with Crippen molar-refractivity contribution in [1.29, 1.82) is 0 Å². The summed E-state index contributed by atoms with van der Waals surface area (Å²) in [5, 5.41) is 0. The molecule has 1 unspecified atom stereocenters. The Labute approximate surface area is 128 Å². The molecular formula is C20H25N. The first-order valence-corrected chi connectivity index (χ1v) is 7.68. The van der Waals surface area contributed by atoms with Crippen LogP contribution in [0, 0.1) is 0 Å². The summed E-state index contributed by atoms with van der Waals surface area (Å²) in [7, 11) is 2.16. The van der Waals surface area contributed by atoms with Gasteiger partial charge in [-0.1, -0.05) is 79.7 Å². The Bertz CT molecular complexity index is 530. The second-order valence-electron chi connectivity index (χ2n) is 5.70. The van der Waals surface area contributed by atoms with Crippen molar-refractivity contribution < 1.29 is 0 Å². The maximum Gasteiger partial charge on any atom is 0.0233 e. The van der Waals surface area contributed by atoms with Gasteiger partial charge in [-0.25, -0.2) is 0 Å². The van der Waals surface area contributed by atoms with Gasteiger partial charge in [-0.3, -0.25) is 4.90 Å². The molecule has 0 fully saturated rings. The van der Waals surface area contributed by atoms with Gasteiger partial charge in [-0.15, -0.1) is 0 Å². The molecule has 0 saturated carbocycles. The first-order chi connectivity index (χ1) is 10.3. The highest BCUT2D eigenvalue weighted by molar-refractivity contribution is 5.19. The third-order valence-corrected chi connectivity index (χ3v) is 3.74. The normalized spacial score (nSPS) is 12.9. The fourth-order valence-corrected chi connectivity index (χ4v) is 2.43. The van der Waals surface area contributed by atoms with E-state index >= 15 is 0 Å². The molecule has 0 aliphatic heterocycles. The van der Waals surface area contributed by atoms with Crippen molar-refractivity contribution >= 4 is 0 Å². The number of benzene rings is 2. The Morgan fingerprint density at radius 3 is 2.19 bits per heavy atom. The lowest BCUT2D eigenvalue weighted by Gasteiger charge is -2.14. The summed E-state index contributed by atoms with van der Waals surface area (Å²) in [6.45, 7) is 4.28. The highest BCUT2D eigenvalue weighted by Crippen LogP contribution is 2.18. The van der Waals surface area contributed by atoms with E-state index in [1.54, 1.807) is 0 Å². The molecule has 0 N–H and O–H groups in total. The van der Waals surface area contributed by atoms with Crippen LogP contribution >= 0.6 is 0 Å². The first kappa shape index (κ1) is 15.5. The summed E-state index contributed by atoms with van der Waals surface area (Å²) in [5.41, 5.74) is 2.78. The van der Waals surface area contributed by atoms with E-state index in [4.69, 9.17) is 0 Å². The molecule has 0 saturated heterocycles. The quantitative estimate of drug-likeness (QED) is 0.654. The lowest BCUT2D eigenvalue weighted by molar-refractivity contribution is 0.363. The molecule has 0 aliphatic rings. The third-order valence-electron chi connectivity index (χ3n) is 3.74. The van der Waals surface area contributed by atoms with Gasteiger partial charge in [0.05, 0.1) is 0 Å². The highest BCUT2D eigenvalue weighted by Gasteiger charge is 2.02. The van der Waals surface area contributed by atoms with Gasteiger partial charge in [0.25, 0.3) is 0 Å². The van der Waals surface area contributed by atoms with Crippen LogP contribution in [0.25, 0.3) is 0 Å². The van der Waals surface area contributed by atoms with Gasteiger partial charge in [0, 0.05) is 13.1 Å². The maximum absolute atomic E-state index is 2.33. The molecule has 0 radical (unpaired) electrons. The SMILES string of the molecule is CC(C/C=C/CN(C)Cc1ccccc1)c1ccccc1. The van der Waals surface area contributed by atoms with Crippen LogP contribution in [-0.4, -0.2) is 18.5 Å². The average Bonchev–Trinajstić information content (AvgIpc) is 2.53. The topological polar surface area (TPSA) is 3.24 Å². The number of rotatable bonds is 7. The van der Waals surface area contributed by atoms with Crippen molar-refractivity contribution in [2.45, 2.75) is 25.8 Å². The van der Waals surface area contributed by atoms with E-state index in [-0.39, 0.29) is 0 Å². The van der Waals surface area contributed by atoms with Crippen LogP contribution in [0.2, 0.25) is 0 Å². The summed E-state index contributed by atoms with van der Waals surface area (Å²) < 4.78 is 0. The molecule has 2 aromatic carbocycles. The van der Waals surface area contributed by atoms with Crippen LogP contribution in [-0.2, 0) is 6.54 Å². The van der Waals surface area contributed by atoms with Crippen molar-refractivity contribution in [3.63, 3.8) is 0 Å². The van der Waals surface area contributed by atoms with Gasteiger partial charge in [0.2, 0.25) is 0 Å². The smallest absolute Gasteiger partial charge is 0.0233 e. The molecule has 21 heavy (non-hydrogen) atoms. The highest BCUT2D eigenvalue weighted by atomic mass is 15.1. The minimum atomic E-state index is 0.585. The van der Waals surface area contributed by atoms with Crippen LogP contribution < -0.4 is 0 Å². The van der Waals surface area contributed by atoms with Crippen LogP contribution in [0.15, 0.2) is 72.8 Å². The van der Waals surface area contributed by atoms with Crippen molar-refractivity contribution in [2.75, 3.05) is 13.6 Å². The Hall–Kier alpha value is -1.86. The van der Waals surface area contributed by atoms with Gasteiger partial charge in [0.15, 0.2) is 0 Å². The molecule has 0 aromatic heterocycles. The van der Waals surface area contributed by atoms with Crippen molar-refractivity contribution in [2.24, 2.45) is 0 Å². The fraction of sp³-hybridized carbons (Fsp3) is 0.300. The molecule has 0 amide bonds. The zero-order valence-electron chi connectivity index (χ0n) is 13.1. The van der Waals surface area contributed by atoms with Gasteiger partial charge >= 0.3 is 0 Å². The Morgan fingerprint density at radius 1 is 0.905 bits per heavy atom. The Kier molecular flexibility index (Phi) is 6.23. The number of nitrogens with zero attached hydrogens (tertiary/aromatic N) is 1. The average molecular weight is 279 g/mol. The van der Waals surface area contributed by atoms with Gasteiger partial charge < -0.3 is 0 Å². The van der Waals surface area contributed by atoms with E-state index in [0.717, 1.165) is 19.5 Å². The van der Waals surface area contributed by atoms with Crippen LogP contribution in [0.3, 0.4) is 0 Å². The van der Waals surface area contributed by atoms with E-state index in [1.165, 1.54) is 11.1 Å². The van der Waals surface area contributed by atoms with E-state index in [1.807, 2.05) is 0 Å². The predicted molar refractivity (Wildman–Crippen MR) is 91.4 cm³/mol. The summed E-state index contributed by atoms with van der Waals surface area (Å²) in [5.74, 6) is 0.585. The summed E-state index contributed by atoms with van der Waals surface area (Å²) in [4.78, 5) is 2.33. The summed E-state index contributed by atoms with van der Waals surface area (Å²) in [6.07, 6.45) is 5.69. The second kappa shape index (κ2) is 8.43. The van der Waals surface area contributed by atoms with E-state index in [0.29, 0.717) is 5.92 Å². The molecule has 2 rings (SSSR count). The van der Waals surface area contributed by atoms with Crippen LogP contribution in [0.4, 0.5) is 0 Å². The fourth-order valence-electron chi connectivity index (χ4n) is 2.43. The number of allylic oxidation sites excluding steroid dienone is 1. The minimum Gasteiger partial charge on any atom is -0.298 e. The lowest BCUT2D eigenvalue weighted by atomic mass is 9.98. The van der Waals surface area contributed by atoms with Crippen molar-refractivity contribution in [3.8, 4) is 0 Å². The monoisotopic (exact) mass is 279 g/mol. The second-order valence-corrected chi connectivity index (χ2v) is 5.70. The van der Waals surface area contributed by atoms with Crippen LogP contribution in [0.5, 0.6) is 0 Å². The third kappa shape index (κ3) is 5.57. The molecule has 0 bridgehead atoms. The van der Waals surface area contributed by atoms with E-state index in [2.05, 4.69) is 91.7 Å². The molecule has 1 nitrogen and oxygen atoms in total. The lowest BCUT2D eigenvalue weighted by Crippen LogP contribution is -2.17. The molecule has 1 heteroatoms. The molecule has 0 spiro atoms. The molecule has 2 aromatic rings. The molecule has 0 aliphatic carbocycles.